The largest absolute Gasteiger partial charge is 0.320 e. The summed E-state index contributed by atoms with van der Waals surface area (Å²) in [7, 11) is -1.78. The van der Waals surface area contributed by atoms with Crippen molar-refractivity contribution in [3.63, 3.8) is 0 Å². The molecule has 1 atom stereocenters. The third-order valence-corrected chi connectivity index (χ3v) is 4.74. The van der Waals surface area contributed by atoms with Crippen LogP contribution in [0.15, 0.2) is 29.2 Å². The molecule has 0 aliphatic heterocycles. The van der Waals surface area contributed by atoms with Crippen molar-refractivity contribution < 1.29 is 12.6 Å². The van der Waals surface area contributed by atoms with E-state index in [2.05, 4.69) is 5.32 Å². The van der Waals surface area contributed by atoms with Crippen LogP contribution < -0.4 is 5.32 Å². The highest BCUT2D eigenvalue weighted by Crippen LogP contribution is 2.37. The number of hydrogen-bond donors (Lipinski definition) is 1. The van der Waals surface area contributed by atoms with Gasteiger partial charge in [0.2, 0.25) is 0 Å². The van der Waals surface area contributed by atoms with Gasteiger partial charge in [-0.1, -0.05) is 17.7 Å². The molecule has 1 saturated carbocycles. The first-order valence-corrected chi connectivity index (χ1v) is 8.08. The summed E-state index contributed by atoms with van der Waals surface area (Å²) in [5.41, 5.74) is 1.04. The molecule has 0 amide bonds. The van der Waals surface area contributed by atoms with Gasteiger partial charge >= 0.3 is 0 Å². The average molecular weight is 283 g/mol. The Labute approximate surface area is 115 Å². The molecule has 0 radical (unpaired) electrons. The third kappa shape index (κ3) is 4.03. The number of hydrogen-bond acceptors (Lipinski definition) is 4. The van der Waals surface area contributed by atoms with Crippen LogP contribution in [0.4, 0.5) is 0 Å². The molecule has 1 N–H and O–H groups in total. The van der Waals surface area contributed by atoms with E-state index >= 15 is 0 Å². The average Bonchev–Trinajstić information content (AvgIpc) is 3.19. The lowest BCUT2D eigenvalue weighted by Gasteiger charge is -2.17. The van der Waals surface area contributed by atoms with Crippen molar-refractivity contribution in [3.8, 4) is 0 Å². The van der Waals surface area contributed by atoms with Gasteiger partial charge in [0.15, 0.2) is 0 Å². The second-order valence-corrected chi connectivity index (χ2v) is 6.70. The second-order valence-electron chi connectivity index (χ2n) is 5.13. The standard InChI is InChI=1S/C14H21NO3S/c1-11-3-7-13(8-4-11)19(16,17)18-14(9-10-15-2)12-5-6-12/h3-4,7-8,12,14-15H,5-6,9-10H2,1-2H3. The van der Waals surface area contributed by atoms with Crippen LogP contribution in [-0.4, -0.2) is 28.1 Å². The van der Waals surface area contributed by atoms with Crippen molar-refractivity contribution in [2.45, 2.75) is 37.2 Å². The van der Waals surface area contributed by atoms with Gasteiger partial charge in [-0.05, 0) is 57.8 Å². The van der Waals surface area contributed by atoms with Crippen LogP contribution in [-0.2, 0) is 14.3 Å². The minimum Gasteiger partial charge on any atom is -0.320 e. The fourth-order valence-corrected chi connectivity index (χ4v) is 3.20. The Balaban J connectivity index is 2.08. The highest BCUT2D eigenvalue weighted by molar-refractivity contribution is 7.86. The molecule has 1 fully saturated rings. The molecular weight excluding hydrogens is 262 g/mol. The smallest absolute Gasteiger partial charge is 0.297 e. The number of benzene rings is 1. The van der Waals surface area contributed by atoms with Crippen LogP contribution in [0.2, 0.25) is 0 Å². The lowest BCUT2D eigenvalue weighted by Crippen LogP contribution is -2.25. The first-order valence-electron chi connectivity index (χ1n) is 6.67. The molecule has 0 bridgehead atoms. The van der Waals surface area contributed by atoms with E-state index in [1.54, 1.807) is 24.3 Å². The molecule has 1 aliphatic rings. The van der Waals surface area contributed by atoms with Gasteiger partial charge in [0.25, 0.3) is 10.1 Å². The number of rotatable bonds is 7. The Morgan fingerprint density at radius 2 is 1.95 bits per heavy atom. The van der Waals surface area contributed by atoms with E-state index in [0.29, 0.717) is 5.92 Å². The topological polar surface area (TPSA) is 55.4 Å². The monoisotopic (exact) mass is 283 g/mol. The third-order valence-electron chi connectivity index (χ3n) is 3.39. The van der Waals surface area contributed by atoms with Gasteiger partial charge in [-0.2, -0.15) is 8.42 Å². The molecule has 0 aromatic heterocycles. The SMILES string of the molecule is CNCCC(OS(=O)(=O)c1ccc(C)cc1)C1CC1. The van der Waals surface area contributed by atoms with Gasteiger partial charge in [0.05, 0.1) is 11.0 Å². The quantitative estimate of drug-likeness (QED) is 0.779. The van der Waals surface area contributed by atoms with Gasteiger partial charge in [-0.25, -0.2) is 0 Å². The normalized spacial score (nSPS) is 17.4. The molecule has 1 aromatic rings. The van der Waals surface area contributed by atoms with E-state index in [0.717, 1.165) is 31.4 Å². The summed E-state index contributed by atoms with van der Waals surface area (Å²) in [5.74, 6) is 0.397. The van der Waals surface area contributed by atoms with E-state index in [4.69, 9.17) is 4.18 Å². The second kappa shape index (κ2) is 6.03. The number of aryl methyl sites for hydroxylation is 1. The highest BCUT2D eigenvalue weighted by atomic mass is 32.2. The predicted octanol–water partition coefficient (Wildman–Crippen LogP) is 2.09. The molecule has 2 rings (SSSR count). The highest BCUT2D eigenvalue weighted by Gasteiger charge is 2.35. The molecule has 0 heterocycles. The van der Waals surface area contributed by atoms with Crippen molar-refractivity contribution in [3.05, 3.63) is 29.8 Å². The van der Waals surface area contributed by atoms with Crippen molar-refractivity contribution in [1.82, 2.24) is 5.32 Å². The van der Waals surface area contributed by atoms with Gasteiger partial charge in [-0.15, -0.1) is 0 Å². The molecule has 106 valence electrons. The van der Waals surface area contributed by atoms with Crippen LogP contribution >= 0.6 is 0 Å². The molecular formula is C14H21NO3S. The zero-order valence-electron chi connectivity index (χ0n) is 11.4. The lowest BCUT2D eigenvalue weighted by molar-refractivity contribution is 0.176. The van der Waals surface area contributed by atoms with E-state index in [1.165, 1.54) is 0 Å². The van der Waals surface area contributed by atoms with Crippen LogP contribution in [0.1, 0.15) is 24.8 Å². The van der Waals surface area contributed by atoms with Gasteiger partial charge in [0, 0.05) is 0 Å². The Morgan fingerprint density at radius 3 is 2.47 bits per heavy atom. The molecule has 0 saturated heterocycles. The molecule has 1 aromatic carbocycles. The summed E-state index contributed by atoms with van der Waals surface area (Å²) in [4.78, 5) is 0.244. The summed E-state index contributed by atoms with van der Waals surface area (Å²) in [6.07, 6.45) is 2.67. The summed E-state index contributed by atoms with van der Waals surface area (Å²) >= 11 is 0. The molecule has 19 heavy (non-hydrogen) atoms. The van der Waals surface area contributed by atoms with E-state index in [9.17, 15) is 8.42 Å². The predicted molar refractivity (Wildman–Crippen MR) is 74.5 cm³/mol. The lowest BCUT2D eigenvalue weighted by atomic mass is 10.2. The minimum absolute atomic E-state index is 0.196. The van der Waals surface area contributed by atoms with E-state index in [1.807, 2.05) is 14.0 Å². The Kier molecular flexibility index (Phi) is 4.60. The Bertz CT molecular complexity index is 506. The van der Waals surface area contributed by atoms with Crippen LogP contribution in [0.3, 0.4) is 0 Å². The first kappa shape index (κ1) is 14.5. The Morgan fingerprint density at radius 1 is 1.32 bits per heavy atom. The number of nitrogens with one attached hydrogen (secondary N) is 1. The summed E-state index contributed by atoms with van der Waals surface area (Å²) in [5, 5.41) is 3.04. The van der Waals surface area contributed by atoms with Gasteiger partial charge < -0.3 is 5.32 Å². The maximum atomic E-state index is 12.2. The maximum absolute atomic E-state index is 12.2. The van der Waals surface area contributed by atoms with Crippen LogP contribution in [0, 0.1) is 12.8 Å². The van der Waals surface area contributed by atoms with Crippen LogP contribution in [0.5, 0.6) is 0 Å². The van der Waals surface area contributed by atoms with Crippen molar-refractivity contribution in [1.29, 1.82) is 0 Å². The molecule has 5 heteroatoms. The summed E-state index contributed by atoms with van der Waals surface area (Å²) in [6, 6.07) is 6.78. The van der Waals surface area contributed by atoms with Crippen molar-refractivity contribution in [2.24, 2.45) is 5.92 Å². The van der Waals surface area contributed by atoms with E-state index in [-0.39, 0.29) is 11.0 Å². The zero-order valence-corrected chi connectivity index (χ0v) is 12.2. The summed E-state index contributed by atoms with van der Waals surface area (Å²) < 4.78 is 29.8. The van der Waals surface area contributed by atoms with Gasteiger partial charge in [0.1, 0.15) is 0 Å². The summed E-state index contributed by atoms with van der Waals surface area (Å²) in [6.45, 7) is 2.70. The fourth-order valence-electron chi connectivity index (χ4n) is 2.04. The first-order chi connectivity index (χ1) is 9.03. The van der Waals surface area contributed by atoms with Crippen molar-refractivity contribution >= 4 is 10.1 Å². The minimum atomic E-state index is -3.64. The van der Waals surface area contributed by atoms with Crippen LogP contribution in [0.25, 0.3) is 0 Å². The van der Waals surface area contributed by atoms with Crippen molar-refractivity contribution in [2.75, 3.05) is 13.6 Å². The zero-order chi connectivity index (χ0) is 13.9. The Hall–Kier alpha value is -0.910. The molecule has 1 aliphatic carbocycles. The van der Waals surface area contributed by atoms with E-state index < -0.39 is 10.1 Å². The van der Waals surface area contributed by atoms with Gasteiger partial charge in [-0.3, -0.25) is 4.18 Å². The fraction of sp³-hybridized carbons (Fsp3) is 0.571. The maximum Gasteiger partial charge on any atom is 0.297 e. The molecule has 4 nitrogen and oxygen atoms in total. The molecule has 1 unspecified atom stereocenters. The molecule has 0 spiro atoms.